The van der Waals surface area contributed by atoms with E-state index < -0.39 is 7.82 Å². The Bertz CT molecular complexity index is 877. The molecule has 0 aliphatic heterocycles. The number of aromatic amines is 1. The molecule has 120 valence electrons. The Morgan fingerprint density at radius 3 is 2.87 bits per heavy atom. The van der Waals surface area contributed by atoms with Gasteiger partial charge in [-0.3, -0.25) is 14.4 Å². The van der Waals surface area contributed by atoms with Gasteiger partial charge in [-0.2, -0.15) is 5.26 Å². The minimum absolute atomic E-state index is 0.556. The summed E-state index contributed by atoms with van der Waals surface area (Å²) >= 11 is 0. The second-order valence-corrected chi connectivity index (χ2v) is 5.32. The van der Waals surface area contributed by atoms with E-state index in [-0.39, 0.29) is 0 Å². The molecule has 0 amide bonds. The molecule has 0 spiro atoms. The first-order valence-corrected chi connectivity index (χ1v) is 7.93. The van der Waals surface area contributed by atoms with Crippen molar-refractivity contribution in [3.8, 4) is 17.3 Å². The topological polar surface area (TPSA) is 150 Å². The van der Waals surface area contributed by atoms with Gasteiger partial charge in [-0.1, -0.05) is 11.8 Å². The zero-order valence-electron chi connectivity index (χ0n) is 12.0. The van der Waals surface area contributed by atoms with Crippen LogP contribution in [-0.2, 0) is 4.57 Å². The number of nitriles is 1. The molecule has 0 unspecified atom stereocenters. The van der Waals surface area contributed by atoms with E-state index in [0.29, 0.717) is 28.2 Å². The van der Waals surface area contributed by atoms with Crippen LogP contribution in [0.25, 0.3) is 22.3 Å². The maximum absolute atomic E-state index is 10.7. The number of hydrogen-bond acceptors (Lipinski definition) is 6. The van der Waals surface area contributed by atoms with Gasteiger partial charge in [0, 0.05) is 23.6 Å². The number of fused-ring (bicyclic) bond motifs is 1. The highest BCUT2D eigenvalue weighted by Gasteiger charge is 2.18. The summed E-state index contributed by atoms with van der Waals surface area (Å²) in [5.41, 5.74) is 1.81. The van der Waals surface area contributed by atoms with E-state index in [1.54, 1.807) is 12.3 Å². The van der Waals surface area contributed by atoms with Crippen LogP contribution in [0.1, 0.15) is 13.3 Å². The highest BCUT2D eigenvalue weighted by molar-refractivity contribution is 7.46. The minimum atomic E-state index is -4.64. The molecule has 0 aromatic carbocycles. The van der Waals surface area contributed by atoms with E-state index in [1.807, 2.05) is 13.0 Å². The molecule has 10 nitrogen and oxygen atoms in total. The molecule has 0 bridgehead atoms. The van der Waals surface area contributed by atoms with Gasteiger partial charge in [-0.05, 0) is 6.07 Å². The van der Waals surface area contributed by atoms with Gasteiger partial charge in [0.1, 0.15) is 12.0 Å². The fourth-order valence-corrected chi connectivity index (χ4v) is 1.99. The molecule has 3 aromatic rings. The third kappa shape index (κ3) is 4.37. The van der Waals surface area contributed by atoms with Crippen molar-refractivity contribution in [2.24, 2.45) is 0 Å². The Kier molecular flexibility index (Phi) is 5.08. The van der Waals surface area contributed by atoms with Crippen LogP contribution in [-0.4, -0.2) is 34.7 Å². The van der Waals surface area contributed by atoms with Gasteiger partial charge >= 0.3 is 7.82 Å². The third-order valence-electron chi connectivity index (χ3n) is 2.54. The lowest BCUT2D eigenvalue weighted by Gasteiger charge is -2.03. The summed E-state index contributed by atoms with van der Waals surface area (Å²) in [4.78, 5) is 29.2. The van der Waals surface area contributed by atoms with Crippen molar-refractivity contribution >= 4 is 18.9 Å². The normalized spacial score (nSPS) is 10.7. The molecule has 11 heteroatoms. The summed E-state index contributed by atoms with van der Waals surface area (Å²) < 4.78 is 15.0. The van der Waals surface area contributed by atoms with Crippen molar-refractivity contribution < 1.29 is 19.0 Å². The van der Waals surface area contributed by atoms with E-state index in [4.69, 9.17) is 15.0 Å². The van der Waals surface area contributed by atoms with Crippen LogP contribution in [0, 0.1) is 11.3 Å². The lowest BCUT2D eigenvalue weighted by molar-refractivity contribution is 0.155. The number of nitrogens with zero attached hydrogens (tertiary/aromatic N) is 5. The lowest BCUT2D eigenvalue weighted by atomic mass is 10.2. The average Bonchev–Trinajstić information content (AvgIpc) is 3.14. The van der Waals surface area contributed by atoms with Crippen LogP contribution in [0.15, 0.2) is 31.0 Å². The molecule has 0 saturated heterocycles. The summed E-state index contributed by atoms with van der Waals surface area (Å²) in [5, 5.41) is 12.1. The van der Waals surface area contributed by atoms with Crippen molar-refractivity contribution in [3.63, 3.8) is 0 Å². The SMILES string of the molecule is CCC#N.O=P(O)(O)On1cc(-c2ncnc3[nH]ccc23)cn1. The average molecular weight is 336 g/mol. The van der Waals surface area contributed by atoms with Crippen LogP contribution in [0.3, 0.4) is 0 Å². The summed E-state index contributed by atoms with van der Waals surface area (Å²) in [5.74, 6) is 0. The van der Waals surface area contributed by atoms with Crippen molar-refractivity contribution in [1.82, 2.24) is 24.9 Å². The Morgan fingerprint density at radius 1 is 1.48 bits per heavy atom. The van der Waals surface area contributed by atoms with Gasteiger partial charge in [0.05, 0.1) is 24.2 Å². The van der Waals surface area contributed by atoms with Gasteiger partial charge in [0.2, 0.25) is 0 Å². The fraction of sp³-hybridized carbons (Fsp3) is 0.167. The highest BCUT2D eigenvalue weighted by atomic mass is 31.2. The zero-order chi connectivity index (χ0) is 16.9. The first-order chi connectivity index (χ1) is 10.9. The molecule has 3 N–H and O–H groups in total. The monoisotopic (exact) mass is 336 g/mol. The number of aromatic nitrogens is 5. The second-order valence-electron chi connectivity index (χ2n) is 4.18. The molecule has 0 aliphatic carbocycles. The standard InChI is InChI=1S/C9H8N5O4P.C3H5N/c15-19(16,17)18-14-4-6(3-13-14)8-7-1-2-10-9(7)12-5-11-8;1-2-3-4/h1-5H,(H,10,11,12)(H2,15,16,17);2H2,1H3. The summed E-state index contributed by atoms with van der Waals surface area (Å²) in [6, 6.07) is 3.73. The van der Waals surface area contributed by atoms with Crippen LogP contribution in [0.5, 0.6) is 0 Å². The molecule has 3 aromatic heterocycles. The van der Waals surface area contributed by atoms with E-state index in [1.165, 1.54) is 18.7 Å². The minimum Gasteiger partial charge on any atom is -0.346 e. The van der Waals surface area contributed by atoms with Gasteiger partial charge in [-0.25, -0.2) is 14.5 Å². The fourth-order valence-electron chi connectivity index (χ4n) is 1.68. The molecule has 0 radical (unpaired) electrons. The first-order valence-electron chi connectivity index (χ1n) is 6.40. The summed E-state index contributed by atoms with van der Waals surface area (Å²) in [7, 11) is -4.64. The Morgan fingerprint density at radius 2 is 2.22 bits per heavy atom. The van der Waals surface area contributed by atoms with Crippen LogP contribution >= 0.6 is 7.82 Å². The number of H-pyrrole nitrogens is 1. The Hall–Kier alpha value is -2.73. The van der Waals surface area contributed by atoms with Crippen molar-refractivity contribution in [2.75, 3.05) is 0 Å². The van der Waals surface area contributed by atoms with E-state index in [9.17, 15) is 4.57 Å². The van der Waals surface area contributed by atoms with Crippen molar-refractivity contribution in [3.05, 3.63) is 31.0 Å². The van der Waals surface area contributed by atoms with Crippen molar-refractivity contribution in [2.45, 2.75) is 13.3 Å². The highest BCUT2D eigenvalue weighted by Crippen LogP contribution is 2.32. The molecular formula is C12H13N6O4P. The Balaban J connectivity index is 0.000000433. The molecule has 0 aliphatic rings. The van der Waals surface area contributed by atoms with Gasteiger partial charge in [-0.15, -0.1) is 5.10 Å². The number of hydrogen-bond donors (Lipinski definition) is 3. The van der Waals surface area contributed by atoms with Gasteiger partial charge in [0.15, 0.2) is 0 Å². The Labute approximate surface area is 130 Å². The maximum atomic E-state index is 10.7. The van der Waals surface area contributed by atoms with E-state index in [0.717, 1.165) is 5.39 Å². The maximum Gasteiger partial charge on any atom is 0.545 e. The number of nitrogens with one attached hydrogen (secondary N) is 1. The molecule has 23 heavy (non-hydrogen) atoms. The lowest BCUT2D eigenvalue weighted by Crippen LogP contribution is -2.08. The summed E-state index contributed by atoms with van der Waals surface area (Å²) in [6.07, 6.45) is 6.45. The van der Waals surface area contributed by atoms with Crippen molar-refractivity contribution in [1.29, 1.82) is 5.26 Å². The zero-order valence-corrected chi connectivity index (χ0v) is 12.9. The molecule has 0 fully saturated rings. The molecule has 0 atom stereocenters. The van der Waals surface area contributed by atoms with Crippen LogP contribution in [0.2, 0.25) is 0 Å². The third-order valence-corrected chi connectivity index (χ3v) is 2.92. The largest absolute Gasteiger partial charge is 0.545 e. The molecule has 0 saturated carbocycles. The number of rotatable bonds is 3. The smallest absolute Gasteiger partial charge is 0.346 e. The molecular weight excluding hydrogens is 323 g/mol. The predicted molar refractivity (Wildman–Crippen MR) is 79.6 cm³/mol. The van der Waals surface area contributed by atoms with Crippen LogP contribution in [0.4, 0.5) is 0 Å². The molecule has 3 heterocycles. The number of phosphoric acid groups is 1. The summed E-state index contributed by atoms with van der Waals surface area (Å²) in [6.45, 7) is 1.82. The predicted octanol–water partition coefficient (Wildman–Crippen LogP) is 1.26. The van der Waals surface area contributed by atoms with E-state index >= 15 is 0 Å². The second kappa shape index (κ2) is 7.02. The first kappa shape index (κ1) is 16.6. The van der Waals surface area contributed by atoms with Gasteiger partial charge in [0.25, 0.3) is 0 Å². The van der Waals surface area contributed by atoms with Crippen LogP contribution < -0.4 is 4.62 Å². The molecule has 3 rings (SSSR count). The quantitative estimate of drug-likeness (QED) is 0.605. The van der Waals surface area contributed by atoms with Gasteiger partial charge < -0.3 is 4.98 Å². The van der Waals surface area contributed by atoms with E-state index in [2.05, 4.69) is 24.7 Å².